The van der Waals surface area contributed by atoms with Crippen molar-refractivity contribution >= 4 is 11.4 Å². The zero-order valence-electron chi connectivity index (χ0n) is 14.0. The van der Waals surface area contributed by atoms with Crippen molar-refractivity contribution < 1.29 is 14.1 Å². The monoisotopic (exact) mass is 345 g/mol. The highest BCUT2D eigenvalue weighted by atomic mass is 19.1. The minimum Gasteiger partial charge on any atom is -0.496 e. The van der Waals surface area contributed by atoms with Crippen molar-refractivity contribution in [3.05, 3.63) is 64.0 Å². The van der Waals surface area contributed by atoms with E-state index in [-0.39, 0.29) is 11.5 Å². The van der Waals surface area contributed by atoms with Gasteiger partial charge in [0.2, 0.25) is 0 Å². The molecule has 6 nitrogen and oxygen atoms in total. The summed E-state index contributed by atoms with van der Waals surface area (Å²) >= 11 is 0. The van der Waals surface area contributed by atoms with Crippen LogP contribution in [0.2, 0.25) is 0 Å². The van der Waals surface area contributed by atoms with Gasteiger partial charge in [-0.15, -0.1) is 0 Å². The molecule has 0 radical (unpaired) electrons. The Morgan fingerprint density at radius 2 is 1.80 bits per heavy atom. The van der Waals surface area contributed by atoms with Crippen LogP contribution in [0.3, 0.4) is 0 Å². The Hall–Kier alpha value is -2.67. The SMILES string of the molecule is COc1ccc(F)cc1CN1CCN(c2ccc([N+](=O)[O-])cc2)CC1. The van der Waals surface area contributed by atoms with E-state index in [2.05, 4.69) is 9.80 Å². The molecule has 0 spiro atoms. The zero-order valence-corrected chi connectivity index (χ0v) is 14.0. The van der Waals surface area contributed by atoms with Gasteiger partial charge in [-0.25, -0.2) is 4.39 Å². The molecule has 25 heavy (non-hydrogen) atoms. The number of benzene rings is 2. The van der Waals surface area contributed by atoms with Crippen molar-refractivity contribution in [2.75, 3.05) is 38.2 Å². The lowest BCUT2D eigenvalue weighted by atomic mass is 10.1. The second kappa shape index (κ2) is 7.48. The molecule has 0 unspecified atom stereocenters. The highest BCUT2D eigenvalue weighted by molar-refractivity contribution is 5.51. The maximum absolute atomic E-state index is 13.5. The van der Waals surface area contributed by atoms with Crippen molar-refractivity contribution in [2.24, 2.45) is 0 Å². The van der Waals surface area contributed by atoms with Crippen molar-refractivity contribution in [1.29, 1.82) is 0 Å². The smallest absolute Gasteiger partial charge is 0.269 e. The van der Waals surface area contributed by atoms with E-state index in [1.54, 1.807) is 25.3 Å². The van der Waals surface area contributed by atoms with Crippen molar-refractivity contribution in [3.63, 3.8) is 0 Å². The number of non-ortho nitro benzene ring substituents is 1. The summed E-state index contributed by atoms with van der Waals surface area (Å²) in [5.41, 5.74) is 1.92. The fraction of sp³-hybridized carbons (Fsp3) is 0.333. The first-order chi connectivity index (χ1) is 12.1. The van der Waals surface area contributed by atoms with E-state index < -0.39 is 4.92 Å². The maximum Gasteiger partial charge on any atom is 0.269 e. The lowest BCUT2D eigenvalue weighted by Crippen LogP contribution is -2.46. The zero-order chi connectivity index (χ0) is 17.8. The number of halogens is 1. The van der Waals surface area contributed by atoms with Crippen molar-refractivity contribution in [2.45, 2.75) is 6.54 Å². The summed E-state index contributed by atoms with van der Waals surface area (Å²) in [4.78, 5) is 14.8. The number of nitrogens with zero attached hydrogens (tertiary/aromatic N) is 3. The summed E-state index contributed by atoms with van der Waals surface area (Å²) in [5.74, 6) is 0.430. The van der Waals surface area contributed by atoms with Crippen LogP contribution in [0.5, 0.6) is 5.75 Å². The molecule has 1 saturated heterocycles. The van der Waals surface area contributed by atoms with Crippen LogP contribution in [0.4, 0.5) is 15.8 Å². The van der Waals surface area contributed by atoms with Gasteiger partial charge in [0, 0.05) is 56.1 Å². The number of hydrogen-bond donors (Lipinski definition) is 0. The normalized spacial score (nSPS) is 15.2. The molecule has 0 aromatic heterocycles. The Bertz CT molecular complexity index is 744. The minimum absolute atomic E-state index is 0.0978. The third-order valence-corrected chi connectivity index (χ3v) is 4.43. The topological polar surface area (TPSA) is 58.8 Å². The molecule has 2 aromatic carbocycles. The predicted octanol–water partition coefficient (Wildman–Crippen LogP) is 3.06. The number of rotatable bonds is 5. The first-order valence-corrected chi connectivity index (χ1v) is 8.11. The van der Waals surface area contributed by atoms with Crippen LogP contribution in [0, 0.1) is 15.9 Å². The van der Waals surface area contributed by atoms with Gasteiger partial charge in [-0.1, -0.05) is 0 Å². The lowest BCUT2D eigenvalue weighted by Gasteiger charge is -2.36. The van der Waals surface area contributed by atoms with Crippen LogP contribution in [0.15, 0.2) is 42.5 Å². The number of ether oxygens (including phenoxy) is 1. The minimum atomic E-state index is -0.395. The van der Waals surface area contributed by atoms with E-state index >= 15 is 0 Å². The van der Waals surface area contributed by atoms with Gasteiger partial charge in [-0.2, -0.15) is 0 Å². The predicted molar refractivity (Wildman–Crippen MR) is 93.5 cm³/mol. The first kappa shape index (κ1) is 17.2. The molecule has 3 rings (SSSR count). The summed E-state index contributed by atoms with van der Waals surface area (Å²) in [6, 6.07) is 11.2. The van der Waals surface area contributed by atoms with Gasteiger partial charge in [0.15, 0.2) is 0 Å². The molecule has 1 aliphatic rings. The van der Waals surface area contributed by atoms with E-state index in [4.69, 9.17) is 4.74 Å². The average molecular weight is 345 g/mol. The second-order valence-corrected chi connectivity index (χ2v) is 5.99. The molecule has 1 fully saturated rings. The molecule has 0 N–H and O–H groups in total. The highest BCUT2D eigenvalue weighted by Gasteiger charge is 2.19. The van der Waals surface area contributed by atoms with Gasteiger partial charge in [0.05, 0.1) is 12.0 Å². The number of nitro groups is 1. The standard InChI is InChI=1S/C18H20FN3O3/c1-25-18-7-2-15(19)12-14(18)13-20-8-10-21(11-9-20)16-3-5-17(6-4-16)22(23)24/h2-7,12H,8-11,13H2,1H3. The van der Waals surface area contributed by atoms with Gasteiger partial charge in [-0.3, -0.25) is 15.0 Å². The van der Waals surface area contributed by atoms with E-state index in [0.29, 0.717) is 12.3 Å². The van der Waals surface area contributed by atoms with Crippen molar-refractivity contribution in [1.82, 2.24) is 4.90 Å². The van der Waals surface area contributed by atoms with Crippen LogP contribution in [0.25, 0.3) is 0 Å². The molecule has 0 bridgehead atoms. The molecule has 1 heterocycles. The Morgan fingerprint density at radius 1 is 1.12 bits per heavy atom. The maximum atomic E-state index is 13.5. The van der Waals surface area contributed by atoms with Crippen LogP contribution in [-0.2, 0) is 6.54 Å². The van der Waals surface area contributed by atoms with Crippen molar-refractivity contribution in [3.8, 4) is 5.75 Å². The second-order valence-electron chi connectivity index (χ2n) is 5.99. The Balaban J connectivity index is 1.60. The Labute approximate surface area is 145 Å². The molecule has 0 aliphatic carbocycles. The molecule has 0 atom stereocenters. The molecule has 132 valence electrons. The number of anilines is 1. The summed E-state index contributed by atoms with van der Waals surface area (Å²) in [6.07, 6.45) is 0. The third kappa shape index (κ3) is 4.06. The summed E-state index contributed by atoms with van der Waals surface area (Å²) < 4.78 is 18.8. The molecule has 7 heteroatoms. The van der Waals surface area contributed by atoms with Gasteiger partial charge in [-0.05, 0) is 30.3 Å². The average Bonchev–Trinajstić information content (AvgIpc) is 2.63. The molecule has 0 amide bonds. The van der Waals surface area contributed by atoms with E-state index in [0.717, 1.165) is 37.4 Å². The molecule has 1 aliphatic heterocycles. The van der Waals surface area contributed by atoms with Crippen LogP contribution in [0.1, 0.15) is 5.56 Å². The van der Waals surface area contributed by atoms with Gasteiger partial charge in [0.25, 0.3) is 5.69 Å². The van der Waals surface area contributed by atoms with Gasteiger partial charge >= 0.3 is 0 Å². The fourth-order valence-corrected chi connectivity index (χ4v) is 3.06. The van der Waals surface area contributed by atoms with E-state index in [9.17, 15) is 14.5 Å². The summed E-state index contributed by atoms with van der Waals surface area (Å²) in [6.45, 7) is 3.92. The third-order valence-electron chi connectivity index (χ3n) is 4.43. The first-order valence-electron chi connectivity index (χ1n) is 8.11. The number of methoxy groups -OCH3 is 1. The van der Waals surface area contributed by atoms with Gasteiger partial charge in [0.1, 0.15) is 11.6 Å². The van der Waals surface area contributed by atoms with Crippen LogP contribution in [-0.4, -0.2) is 43.1 Å². The number of piperazine rings is 1. The molecular weight excluding hydrogens is 325 g/mol. The summed E-state index contributed by atoms with van der Waals surface area (Å²) in [7, 11) is 1.59. The molecule has 2 aromatic rings. The number of nitro benzene ring substituents is 1. The highest BCUT2D eigenvalue weighted by Crippen LogP contribution is 2.24. The Kier molecular flexibility index (Phi) is 5.14. The fourth-order valence-electron chi connectivity index (χ4n) is 3.06. The quantitative estimate of drug-likeness (QED) is 0.616. The van der Waals surface area contributed by atoms with E-state index in [1.165, 1.54) is 24.3 Å². The van der Waals surface area contributed by atoms with Crippen LogP contribution >= 0.6 is 0 Å². The van der Waals surface area contributed by atoms with Gasteiger partial charge < -0.3 is 9.64 Å². The lowest BCUT2D eigenvalue weighted by molar-refractivity contribution is -0.384. The molecule has 0 saturated carbocycles. The summed E-state index contributed by atoms with van der Waals surface area (Å²) in [5, 5.41) is 10.7. The van der Waals surface area contributed by atoms with E-state index in [1.807, 2.05) is 0 Å². The molecular formula is C18H20FN3O3. The van der Waals surface area contributed by atoms with Crippen LogP contribution < -0.4 is 9.64 Å². The Morgan fingerprint density at radius 3 is 2.40 bits per heavy atom. The number of hydrogen-bond acceptors (Lipinski definition) is 5. The largest absolute Gasteiger partial charge is 0.496 e.